The first-order valence-electron chi connectivity index (χ1n) is 12.3. The van der Waals surface area contributed by atoms with Gasteiger partial charge in [-0.25, -0.2) is 23.1 Å². The van der Waals surface area contributed by atoms with E-state index in [2.05, 4.69) is 20.3 Å². The molecule has 1 aliphatic carbocycles. The monoisotopic (exact) mass is 520 g/mol. The zero-order valence-corrected chi connectivity index (χ0v) is 21.5. The fourth-order valence-electron chi connectivity index (χ4n) is 4.63. The molecule has 1 amide bonds. The summed E-state index contributed by atoms with van der Waals surface area (Å²) in [5.41, 5.74) is 3.55. The van der Waals surface area contributed by atoms with Gasteiger partial charge in [0.2, 0.25) is 0 Å². The topological polar surface area (TPSA) is 79.9 Å². The van der Waals surface area contributed by atoms with Gasteiger partial charge in [0, 0.05) is 34.5 Å². The molecule has 1 aliphatic rings. The lowest BCUT2D eigenvalue weighted by molar-refractivity contribution is -0.0285. The second-order valence-electron chi connectivity index (χ2n) is 9.63. The smallest absolute Gasteiger partial charge is 0.276 e. The zero-order chi connectivity index (χ0) is 27.2. The number of hydrogen-bond donors (Lipinski definition) is 2. The molecule has 0 unspecified atom stereocenters. The molecule has 2 aromatic heterocycles. The molecule has 1 fully saturated rings. The Balaban J connectivity index is 1.47. The van der Waals surface area contributed by atoms with Crippen molar-refractivity contribution in [1.82, 2.24) is 15.0 Å². The van der Waals surface area contributed by atoms with Crippen LogP contribution in [-0.2, 0) is 5.92 Å². The number of aromatic nitrogens is 3. The maximum atomic E-state index is 15.2. The number of amides is 1. The molecule has 0 atom stereocenters. The molecule has 5 rings (SSSR count). The standard InChI is InChI=1S/C29H27F3N4O2/c1-15-7-5-8-16(2)23(15)26-22(38-4)14-21(30)25(35-26)27-33-17(3)24(36-27)28(37)34-20-10-6-9-19(13-20)29(31,32)18-11-12-18/h5-10,13-14,18H,11-12H2,1-4H3,(H,33,36)(H,34,37). The van der Waals surface area contributed by atoms with Crippen LogP contribution in [-0.4, -0.2) is 28.0 Å². The van der Waals surface area contributed by atoms with Crippen LogP contribution in [0.15, 0.2) is 48.5 Å². The lowest BCUT2D eigenvalue weighted by atomic mass is 9.98. The molecule has 196 valence electrons. The van der Waals surface area contributed by atoms with Gasteiger partial charge in [0.05, 0.1) is 7.11 Å². The van der Waals surface area contributed by atoms with Crippen LogP contribution in [0.25, 0.3) is 22.8 Å². The van der Waals surface area contributed by atoms with Crippen LogP contribution in [0.5, 0.6) is 5.75 Å². The largest absolute Gasteiger partial charge is 0.494 e. The summed E-state index contributed by atoms with van der Waals surface area (Å²) in [7, 11) is 1.45. The molecular weight excluding hydrogens is 493 g/mol. The second kappa shape index (κ2) is 9.63. The van der Waals surface area contributed by atoms with Gasteiger partial charge >= 0.3 is 0 Å². The van der Waals surface area contributed by atoms with E-state index in [0.29, 0.717) is 24.2 Å². The first kappa shape index (κ1) is 25.5. The summed E-state index contributed by atoms with van der Waals surface area (Å²) >= 11 is 0. The van der Waals surface area contributed by atoms with Crippen LogP contribution in [0.4, 0.5) is 18.9 Å². The van der Waals surface area contributed by atoms with Crippen LogP contribution in [0, 0.1) is 32.5 Å². The van der Waals surface area contributed by atoms with E-state index in [1.165, 1.54) is 37.4 Å². The number of nitrogens with one attached hydrogen (secondary N) is 2. The highest BCUT2D eigenvalue weighted by atomic mass is 19.3. The molecule has 0 saturated heterocycles. The second-order valence-corrected chi connectivity index (χ2v) is 9.63. The van der Waals surface area contributed by atoms with Crippen molar-refractivity contribution < 1.29 is 22.7 Å². The van der Waals surface area contributed by atoms with Crippen molar-refractivity contribution in [2.45, 2.75) is 39.5 Å². The predicted molar refractivity (Wildman–Crippen MR) is 139 cm³/mol. The van der Waals surface area contributed by atoms with Gasteiger partial charge < -0.3 is 15.0 Å². The molecule has 2 aromatic carbocycles. The number of H-pyrrole nitrogens is 1. The van der Waals surface area contributed by atoms with Gasteiger partial charge in [-0.15, -0.1) is 0 Å². The molecule has 1 saturated carbocycles. The van der Waals surface area contributed by atoms with Crippen molar-refractivity contribution in [3.8, 4) is 28.5 Å². The van der Waals surface area contributed by atoms with Crippen LogP contribution < -0.4 is 10.1 Å². The van der Waals surface area contributed by atoms with E-state index < -0.39 is 23.6 Å². The van der Waals surface area contributed by atoms with Crippen LogP contribution in [0.2, 0.25) is 0 Å². The van der Waals surface area contributed by atoms with E-state index >= 15 is 4.39 Å². The number of aryl methyl sites for hydroxylation is 3. The third kappa shape index (κ3) is 4.64. The van der Waals surface area contributed by atoms with Crippen molar-refractivity contribution >= 4 is 11.6 Å². The SMILES string of the molecule is COc1cc(F)c(-c2nc(C(=O)Nc3cccc(C(F)(F)C4CC4)c3)c(C)[nH]2)nc1-c1c(C)cccc1C. The van der Waals surface area contributed by atoms with E-state index in [-0.39, 0.29) is 34.2 Å². The molecule has 0 aliphatic heterocycles. The third-order valence-electron chi connectivity index (χ3n) is 6.80. The first-order chi connectivity index (χ1) is 18.1. The molecule has 0 spiro atoms. The fourth-order valence-corrected chi connectivity index (χ4v) is 4.63. The number of ether oxygens (including phenoxy) is 1. The number of nitrogens with zero attached hydrogens (tertiary/aromatic N) is 2. The van der Waals surface area contributed by atoms with Crippen molar-refractivity contribution in [1.29, 1.82) is 0 Å². The highest BCUT2D eigenvalue weighted by Crippen LogP contribution is 2.50. The summed E-state index contributed by atoms with van der Waals surface area (Å²) in [5, 5.41) is 2.63. The number of hydrogen-bond acceptors (Lipinski definition) is 4. The molecule has 38 heavy (non-hydrogen) atoms. The Morgan fingerprint density at radius 2 is 1.71 bits per heavy atom. The number of imidazole rings is 1. The van der Waals surface area contributed by atoms with E-state index in [9.17, 15) is 13.6 Å². The molecule has 2 heterocycles. The van der Waals surface area contributed by atoms with E-state index in [1.54, 1.807) is 6.92 Å². The number of carbonyl (C=O) groups excluding carboxylic acids is 1. The summed E-state index contributed by atoms with van der Waals surface area (Å²) in [6.45, 7) is 5.49. The van der Waals surface area contributed by atoms with Crippen LogP contribution in [0.1, 0.15) is 45.7 Å². The van der Waals surface area contributed by atoms with E-state index in [4.69, 9.17) is 4.74 Å². The molecule has 0 bridgehead atoms. The number of pyridine rings is 1. The van der Waals surface area contributed by atoms with Crippen molar-refractivity contribution in [3.05, 3.63) is 82.4 Å². The Hall–Kier alpha value is -4.14. The number of benzene rings is 2. The Labute approximate surface area is 218 Å². The molecule has 2 N–H and O–H groups in total. The Morgan fingerprint density at radius 3 is 2.37 bits per heavy atom. The summed E-state index contributed by atoms with van der Waals surface area (Å²) in [4.78, 5) is 24.8. The lowest BCUT2D eigenvalue weighted by Gasteiger charge is -2.17. The van der Waals surface area contributed by atoms with Gasteiger partial charge in [0.25, 0.3) is 11.8 Å². The average Bonchev–Trinajstić information content (AvgIpc) is 3.67. The van der Waals surface area contributed by atoms with Gasteiger partial charge in [-0.3, -0.25) is 4.79 Å². The first-order valence-corrected chi connectivity index (χ1v) is 12.3. The predicted octanol–water partition coefficient (Wildman–Crippen LogP) is 6.97. The molecule has 9 heteroatoms. The van der Waals surface area contributed by atoms with E-state index in [1.807, 2.05) is 32.0 Å². The fraction of sp³-hybridized carbons (Fsp3) is 0.276. The molecule has 0 radical (unpaired) electrons. The van der Waals surface area contributed by atoms with Gasteiger partial charge in [-0.1, -0.05) is 30.3 Å². The Bertz CT molecular complexity index is 1520. The van der Waals surface area contributed by atoms with Crippen molar-refractivity contribution in [2.75, 3.05) is 12.4 Å². The summed E-state index contributed by atoms with van der Waals surface area (Å²) in [6, 6.07) is 12.7. The summed E-state index contributed by atoms with van der Waals surface area (Å²) in [5.74, 6) is -4.55. The number of alkyl halides is 2. The number of carbonyl (C=O) groups is 1. The van der Waals surface area contributed by atoms with Gasteiger partial charge in [0.1, 0.15) is 22.8 Å². The molecule has 4 aromatic rings. The Kier molecular flexibility index (Phi) is 6.46. The minimum absolute atomic E-state index is 0.00463. The number of halogens is 3. The zero-order valence-electron chi connectivity index (χ0n) is 21.5. The quantitative estimate of drug-likeness (QED) is 0.276. The average molecular weight is 521 g/mol. The Morgan fingerprint density at radius 1 is 1.03 bits per heavy atom. The van der Waals surface area contributed by atoms with Gasteiger partial charge in [0.15, 0.2) is 11.6 Å². The maximum absolute atomic E-state index is 15.2. The summed E-state index contributed by atoms with van der Waals surface area (Å²) < 4.78 is 49.7. The normalized spacial score (nSPS) is 13.4. The summed E-state index contributed by atoms with van der Waals surface area (Å²) in [6.07, 6.45) is 0.972. The minimum atomic E-state index is -2.94. The van der Waals surface area contributed by atoms with Crippen molar-refractivity contribution in [3.63, 3.8) is 0 Å². The van der Waals surface area contributed by atoms with E-state index in [0.717, 1.165) is 16.7 Å². The van der Waals surface area contributed by atoms with Crippen LogP contribution in [0.3, 0.4) is 0 Å². The van der Waals surface area contributed by atoms with Crippen molar-refractivity contribution in [2.24, 2.45) is 5.92 Å². The number of methoxy groups -OCH3 is 1. The minimum Gasteiger partial charge on any atom is -0.494 e. The molecule has 6 nitrogen and oxygen atoms in total. The van der Waals surface area contributed by atoms with Gasteiger partial charge in [-0.05, 0) is 56.9 Å². The number of rotatable bonds is 7. The number of anilines is 1. The maximum Gasteiger partial charge on any atom is 0.276 e. The van der Waals surface area contributed by atoms with Crippen LogP contribution >= 0.6 is 0 Å². The van der Waals surface area contributed by atoms with Gasteiger partial charge in [-0.2, -0.15) is 0 Å². The highest BCUT2D eigenvalue weighted by molar-refractivity contribution is 6.04. The lowest BCUT2D eigenvalue weighted by Crippen LogP contribution is -2.18. The molecular formula is C29H27F3N4O2. The third-order valence-corrected chi connectivity index (χ3v) is 6.80. The number of aromatic amines is 1. The highest BCUT2D eigenvalue weighted by Gasteiger charge is 2.48.